The molecule has 170 valence electrons. The summed E-state index contributed by atoms with van der Waals surface area (Å²) in [5.41, 5.74) is 7.02. The minimum absolute atomic E-state index is 0.490. The minimum Gasteiger partial charge on any atom is -0.238 e. The number of H-pyrrole nitrogens is 2. The lowest BCUT2D eigenvalue weighted by molar-refractivity contribution is 0.757. The number of aromatic nitrogens is 10. The van der Waals surface area contributed by atoms with Crippen LogP contribution in [-0.2, 0) is 12.8 Å². The second-order valence-corrected chi connectivity index (χ2v) is 8.04. The monoisotopic (exact) mass is 452 g/mol. The molecule has 34 heavy (non-hydrogen) atoms. The molecule has 5 aromatic rings. The molecule has 0 aliphatic carbocycles. The van der Waals surface area contributed by atoms with E-state index in [1.165, 1.54) is 0 Å². The van der Waals surface area contributed by atoms with Crippen molar-refractivity contribution >= 4 is 0 Å². The molecule has 10 nitrogen and oxygen atoms in total. The molecule has 2 aromatic carbocycles. The summed E-state index contributed by atoms with van der Waals surface area (Å²) in [4.78, 5) is 9.43. The minimum atomic E-state index is 0.490. The van der Waals surface area contributed by atoms with Crippen LogP contribution in [0.2, 0.25) is 0 Å². The highest BCUT2D eigenvalue weighted by molar-refractivity contribution is 5.80. The van der Waals surface area contributed by atoms with Crippen LogP contribution in [0.25, 0.3) is 34.0 Å². The Bertz CT molecular complexity index is 1360. The van der Waals surface area contributed by atoms with Gasteiger partial charge in [0, 0.05) is 23.2 Å². The first-order valence-electron chi connectivity index (χ1n) is 11.2. The van der Waals surface area contributed by atoms with Crippen molar-refractivity contribution in [3.8, 4) is 34.0 Å². The fourth-order valence-corrected chi connectivity index (χ4v) is 4.05. The smallest absolute Gasteiger partial charge is 0.223 e. The van der Waals surface area contributed by atoms with E-state index >= 15 is 0 Å². The van der Waals surface area contributed by atoms with Gasteiger partial charge in [-0.15, -0.1) is 20.4 Å². The van der Waals surface area contributed by atoms with Crippen molar-refractivity contribution in [1.82, 2.24) is 51.2 Å². The van der Waals surface area contributed by atoms with E-state index in [-0.39, 0.29) is 0 Å². The number of rotatable bonds is 8. The topological polar surface area (TPSA) is 135 Å². The average Bonchev–Trinajstić information content (AvgIpc) is 3.59. The van der Waals surface area contributed by atoms with Gasteiger partial charge in [-0.2, -0.15) is 10.4 Å². The summed E-state index contributed by atoms with van der Waals surface area (Å²) in [5, 5.41) is 29.1. The number of aromatic amines is 2. The number of nitrogens with one attached hydrogen (secondary N) is 2. The van der Waals surface area contributed by atoms with E-state index in [0.29, 0.717) is 23.9 Å². The van der Waals surface area contributed by atoms with E-state index in [9.17, 15) is 0 Å². The van der Waals surface area contributed by atoms with Gasteiger partial charge in [-0.1, -0.05) is 61.9 Å². The molecule has 3 aromatic heterocycles. The first-order valence-corrected chi connectivity index (χ1v) is 11.2. The molecule has 0 saturated heterocycles. The van der Waals surface area contributed by atoms with Crippen molar-refractivity contribution < 1.29 is 0 Å². The van der Waals surface area contributed by atoms with E-state index in [0.717, 1.165) is 58.5 Å². The third-order valence-corrected chi connectivity index (χ3v) is 5.69. The Morgan fingerprint density at radius 1 is 0.794 bits per heavy atom. The molecule has 0 amide bonds. The summed E-state index contributed by atoms with van der Waals surface area (Å²) in [6.07, 6.45) is 3.71. The normalized spacial score (nSPS) is 11.1. The molecule has 5 rings (SSSR count). The first kappa shape index (κ1) is 21.5. The molecule has 10 heteroatoms. The summed E-state index contributed by atoms with van der Waals surface area (Å²) in [6, 6.07) is 16.5. The number of nitrogens with zero attached hydrogens (tertiary/aromatic N) is 8. The molecule has 0 spiro atoms. The zero-order valence-electron chi connectivity index (χ0n) is 19.0. The second-order valence-electron chi connectivity index (χ2n) is 8.04. The van der Waals surface area contributed by atoms with E-state index in [1.54, 1.807) is 0 Å². The van der Waals surface area contributed by atoms with Crippen molar-refractivity contribution in [3.05, 3.63) is 71.2 Å². The molecule has 0 saturated carbocycles. The maximum absolute atomic E-state index is 4.76. The van der Waals surface area contributed by atoms with Gasteiger partial charge in [-0.25, -0.2) is 9.97 Å². The van der Waals surface area contributed by atoms with Crippen LogP contribution in [0.5, 0.6) is 0 Å². The Balaban J connectivity index is 1.50. The van der Waals surface area contributed by atoms with Crippen molar-refractivity contribution in [2.24, 2.45) is 0 Å². The number of unbranched alkanes of at least 4 members (excludes halogenated alkanes) is 1. The summed E-state index contributed by atoms with van der Waals surface area (Å²) < 4.78 is 0. The molecule has 0 fully saturated rings. The lowest BCUT2D eigenvalue weighted by Crippen LogP contribution is -2.08. The van der Waals surface area contributed by atoms with Gasteiger partial charge in [0.05, 0.1) is 0 Å². The Morgan fingerprint density at radius 2 is 1.50 bits per heavy atom. The lowest BCUT2D eigenvalue weighted by Gasteiger charge is -2.14. The van der Waals surface area contributed by atoms with Crippen LogP contribution in [-0.4, -0.2) is 51.2 Å². The highest BCUT2D eigenvalue weighted by Crippen LogP contribution is 2.31. The third-order valence-electron chi connectivity index (χ3n) is 5.69. The number of benzene rings is 2. The molecule has 0 bridgehead atoms. The van der Waals surface area contributed by atoms with Crippen LogP contribution in [0.3, 0.4) is 0 Å². The van der Waals surface area contributed by atoms with E-state index < -0.39 is 0 Å². The lowest BCUT2D eigenvalue weighted by atomic mass is 9.95. The SMILES string of the molecule is CCCCc1nc(C)nc(-c2nn[nH]n2)c1Cc1ccc(-c2ccccc2-c2nn[nH]n2)cc1. The first-order chi connectivity index (χ1) is 16.7. The summed E-state index contributed by atoms with van der Waals surface area (Å²) >= 11 is 0. The van der Waals surface area contributed by atoms with Gasteiger partial charge in [0.25, 0.3) is 0 Å². The highest BCUT2D eigenvalue weighted by atomic mass is 15.5. The van der Waals surface area contributed by atoms with Crippen LogP contribution < -0.4 is 0 Å². The molecule has 0 aliphatic heterocycles. The molecule has 0 radical (unpaired) electrons. The van der Waals surface area contributed by atoms with Crippen molar-refractivity contribution in [2.45, 2.75) is 39.5 Å². The molecule has 0 atom stereocenters. The van der Waals surface area contributed by atoms with Crippen molar-refractivity contribution in [2.75, 3.05) is 0 Å². The average molecular weight is 453 g/mol. The Labute approximate surface area is 196 Å². The van der Waals surface area contributed by atoms with Gasteiger partial charge in [-0.3, -0.25) is 0 Å². The van der Waals surface area contributed by atoms with Gasteiger partial charge in [-0.05, 0) is 46.9 Å². The van der Waals surface area contributed by atoms with E-state index in [4.69, 9.17) is 4.98 Å². The van der Waals surface area contributed by atoms with E-state index in [1.807, 2.05) is 25.1 Å². The van der Waals surface area contributed by atoms with E-state index in [2.05, 4.69) is 83.5 Å². The maximum atomic E-state index is 4.76. The standard InChI is InChI=1S/C24H24N10/c1-3-4-9-21-20(22(26-15(2)25-21)24-29-33-34-30-24)14-16-10-12-17(13-11-16)18-7-5-6-8-19(18)23-27-31-32-28-23/h5-8,10-13H,3-4,9,14H2,1-2H3,(H,27,28,31,32)(H,29,30,33,34). The predicted octanol–water partition coefficient (Wildman–Crippen LogP) is 3.75. The largest absolute Gasteiger partial charge is 0.238 e. The van der Waals surface area contributed by atoms with Crippen LogP contribution in [0.15, 0.2) is 48.5 Å². The van der Waals surface area contributed by atoms with Gasteiger partial charge < -0.3 is 0 Å². The van der Waals surface area contributed by atoms with Crippen molar-refractivity contribution in [1.29, 1.82) is 0 Å². The fourth-order valence-electron chi connectivity index (χ4n) is 4.05. The Kier molecular flexibility index (Phi) is 6.11. The quantitative estimate of drug-likeness (QED) is 0.363. The van der Waals surface area contributed by atoms with Crippen LogP contribution >= 0.6 is 0 Å². The number of hydrogen-bond donors (Lipinski definition) is 2. The predicted molar refractivity (Wildman–Crippen MR) is 126 cm³/mol. The highest BCUT2D eigenvalue weighted by Gasteiger charge is 2.18. The van der Waals surface area contributed by atoms with Gasteiger partial charge in [0.2, 0.25) is 11.6 Å². The molecular weight excluding hydrogens is 428 g/mol. The zero-order chi connectivity index (χ0) is 23.3. The number of aryl methyl sites for hydroxylation is 2. The molecule has 2 N–H and O–H groups in total. The van der Waals surface area contributed by atoms with Gasteiger partial charge >= 0.3 is 0 Å². The maximum Gasteiger partial charge on any atom is 0.223 e. The zero-order valence-corrected chi connectivity index (χ0v) is 19.0. The number of tetrazole rings is 2. The third kappa shape index (κ3) is 4.42. The van der Waals surface area contributed by atoms with Crippen LogP contribution in [0, 0.1) is 6.92 Å². The summed E-state index contributed by atoms with van der Waals surface area (Å²) in [5.74, 6) is 1.77. The van der Waals surface area contributed by atoms with Gasteiger partial charge in [0.1, 0.15) is 11.5 Å². The summed E-state index contributed by atoms with van der Waals surface area (Å²) in [7, 11) is 0. The molecule has 0 aliphatic rings. The Morgan fingerprint density at radius 3 is 2.18 bits per heavy atom. The number of hydrogen-bond acceptors (Lipinski definition) is 8. The van der Waals surface area contributed by atoms with Crippen molar-refractivity contribution in [3.63, 3.8) is 0 Å². The Hall–Kier alpha value is -4.34. The molecular formula is C24H24N10. The van der Waals surface area contributed by atoms with Crippen LogP contribution in [0.4, 0.5) is 0 Å². The summed E-state index contributed by atoms with van der Waals surface area (Å²) in [6.45, 7) is 4.08. The molecule has 0 unspecified atom stereocenters. The fraction of sp³-hybridized carbons (Fsp3) is 0.250. The second kappa shape index (κ2) is 9.65. The van der Waals surface area contributed by atoms with Gasteiger partial charge in [0.15, 0.2) is 0 Å². The van der Waals surface area contributed by atoms with Crippen LogP contribution in [0.1, 0.15) is 42.4 Å². The molecule has 3 heterocycles.